The first kappa shape index (κ1) is 16.8. The number of rotatable bonds is 4. The standard InChI is InChI=1S/C21H24N4O/c1-14-23-19-7-6-17(13-20(19)24-14)25-21(26)18-5-3-2-4-16(18)12-15-8-10-22-11-9-15/h2-7,13,15,22H,8-12H2,1H3,(H,23,24)(H,25,26). The SMILES string of the molecule is Cc1nc2ccc(NC(=O)c3ccccc3CC3CCNCC3)cc2[nH]1. The number of fused-ring (bicyclic) bond motifs is 1. The summed E-state index contributed by atoms with van der Waals surface area (Å²) >= 11 is 0. The predicted molar refractivity (Wildman–Crippen MR) is 105 cm³/mol. The molecule has 2 heterocycles. The first-order valence-corrected chi connectivity index (χ1v) is 9.25. The summed E-state index contributed by atoms with van der Waals surface area (Å²) in [6.45, 7) is 4.07. The van der Waals surface area contributed by atoms with Gasteiger partial charge in [-0.3, -0.25) is 4.79 Å². The number of H-pyrrole nitrogens is 1. The molecule has 0 unspecified atom stereocenters. The van der Waals surface area contributed by atoms with E-state index < -0.39 is 0 Å². The molecule has 1 saturated heterocycles. The number of aromatic nitrogens is 2. The molecule has 5 heteroatoms. The molecule has 5 nitrogen and oxygen atoms in total. The minimum absolute atomic E-state index is 0.0508. The van der Waals surface area contributed by atoms with Crippen molar-refractivity contribution >= 4 is 22.6 Å². The molecule has 1 amide bonds. The van der Waals surface area contributed by atoms with Crippen molar-refractivity contribution < 1.29 is 4.79 Å². The summed E-state index contributed by atoms with van der Waals surface area (Å²) in [5, 5.41) is 6.44. The van der Waals surface area contributed by atoms with E-state index in [1.807, 2.05) is 43.3 Å². The Balaban J connectivity index is 1.53. The lowest BCUT2D eigenvalue weighted by molar-refractivity contribution is 0.102. The molecule has 3 N–H and O–H groups in total. The lowest BCUT2D eigenvalue weighted by atomic mass is 9.89. The molecule has 0 aliphatic carbocycles. The fourth-order valence-corrected chi connectivity index (χ4v) is 3.73. The Hall–Kier alpha value is -2.66. The molecular formula is C21H24N4O. The van der Waals surface area contributed by atoms with Crippen molar-refractivity contribution in [3.63, 3.8) is 0 Å². The van der Waals surface area contributed by atoms with Gasteiger partial charge < -0.3 is 15.6 Å². The number of benzene rings is 2. The largest absolute Gasteiger partial charge is 0.342 e. The number of aryl methyl sites for hydroxylation is 1. The van der Waals surface area contributed by atoms with Gasteiger partial charge in [0.05, 0.1) is 11.0 Å². The Morgan fingerprint density at radius 1 is 1.19 bits per heavy atom. The number of aromatic amines is 1. The van der Waals surface area contributed by atoms with Crippen molar-refractivity contribution in [3.05, 3.63) is 59.4 Å². The maximum absolute atomic E-state index is 12.9. The Labute approximate surface area is 153 Å². The monoisotopic (exact) mass is 348 g/mol. The molecule has 1 aromatic heterocycles. The van der Waals surface area contributed by atoms with Crippen LogP contribution >= 0.6 is 0 Å². The van der Waals surface area contributed by atoms with Gasteiger partial charge >= 0.3 is 0 Å². The summed E-state index contributed by atoms with van der Waals surface area (Å²) in [5.41, 5.74) is 4.53. The van der Waals surface area contributed by atoms with Gasteiger partial charge in [-0.25, -0.2) is 4.98 Å². The number of carbonyl (C=O) groups is 1. The Morgan fingerprint density at radius 2 is 2.00 bits per heavy atom. The zero-order chi connectivity index (χ0) is 17.9. The van der Waals surface area contributed by atoms with Crippen LogP contribution in [0.2, 0.25) is 0 Å². The van der Waals surface area contributed by atoms with Crippen LogP contribution in [-0.2, 0) is 6.42 Å². The lowest BCUT2D eigenvalue weighted by Gasteiger charge is -2.23. The van der Waals surface area contributed by atoms with Crippen LogP contribution in [0.4, 0.5) is 5.69 Å². The predicted octanol–water partition coefficient (Wildman–Crippen LogP) is 3.67. The molecule has 2 aromatic carbocycles. The van der Waals surface area contributed by atoms with Gasteiger partial charge in [0.15, 0.2) is 0 Å². The van der Waals surface area contributed by atoms with Crippen molar-refractivity contribution in [3.8, 4) is 0 Å². The number of imidazole rings is 1. The second kappa shape index (κ2) is 7.30. The fraction of sp³-hybridized carbons (Fsp3) is 0.333. The summed E-state index contributed by atoms with van der Waals surface area (Å²) in [4.78, 5) is 20.5. The van der Waals surface area contributed by atoms with Crippen LogP contribution in [0.25, 0.3) is 11.0 Å². The van der Waals surface area contributed by atoms with Crippen LogP contribution in [0.1, 0.15) is 34.6 Å². The normalized spacial score (nSPS) is 15.3. The second-order valence-corrected chi connectivity index (χ2v) is 7.06. The van der Waals surface area contributed by atoms with Crippen LogP contribution in [0.3, 0.4) is 0 Å². The van der Waals surface area contributed by atoms with Crippen molar-refractivity contribution in [2.75, 3.05) is 18.4 Å². The highest BCUT2D eigenvalue weighted by molar-refractivity contribution is 6.06. The van der Waals surface area contributed by atoms with Gasteiger partial charge in [0, 0.05) is 11.3 Å². The molecule has 26 heavy (non-hydrogen) atoms. The number of nitrogens with one attached hydrogen (secondary N) is 3. The van der Waals surface area contributed by atoms with E-state index in [9.17, 15) is 4.79 Å². The maximum Gasteiger partial charge on any atom is 0.255 e. The van der Waals surface area contributed by atoms with E-state index in [1.165, 1.54) is 12.8 Å². The highest BCUT2D eigenvalue weighted by Crippen LogP contribution is 2.22. The summed E-state index contributed by atoms with van der Waals surface area (Å²) in [6.07, 6.45) is 3.31. The van der Waals surface area contributed by atoms with Crippen LogP contribution in [0, 0.1) is 12.8 Å². The van der Waals surface area contributed by atoms with E-state index in [-0.39, 0.29) is 5.91 Å². The summed E-state index contributed by atoms with van der Waals surface area (Å²) in [5.74, 6) is 1.47. The Kier molecular flexibility index (Phi) is 4.71. The summed E-state index contributed by atoms with van der Waals surface area (Å²) < 4.78 is 0. The molecule has 0 spiro atoms. The smallest absolute Gasteiger partial charge is 0.255 e. The van der Waals surface area contributed by atoms with Gasteiger partial charge in [0.25, 0.3) is 5.91 Å². The Morgan fingerprint density at radius 3 is 2.85 bits per heavy atom. The van der Waals surface area contributed by atoms with Gasteiger partial charge in [-0.1, -0.05) is 18.2 Å². The number of anilines is 1. The third-order valence-electron chi connectivity index (χ3n) is 5.09. The quantitative estimate of drug-likeness (QED) is 0.674. The fourth-order valence-electron chi connectivity index (χ4n) is 3.73. The average molecular weight is 348 g/mol. The first-order chi connectivity index (χ1) is 12.7. The molecule has 0 saturated carbocycles. The van der Waals surface area contributed by atoms with Crippen molar-refractivity contribution in [2.45, 2.75) is 26.2 Å². The zero-order valence-electron chi connectivity index (χ0n) is 15.0. The molecule has 3 aromatic rings. The molecule has 1 fully saturated rings. The zero-order valence-corrected chi connectivity index (χ0v) is 15.0. The van der Waals surface area contributed by atoms with E-state index in [0.29, 0.717) is 5.92 Å². The number of piperidine rings is 1. The molecule has 1 aliphatic heterocycles. The minimum Gasteiger partial charge on any atom is -0.342 e. The molecule has 134 valence electrons. The van der Waals surface area contributed by atoms with E-state index in [0.717, 1.165) is 53.2 Å². The highest BCUT2D eigenvalue weighted by Gasteiger charge is 2.18. The van der Waals surface area contributed by atoms with E-state index in [2.05, 4.69) is 26.7 Å². The molecule has 0 bridgehead atoms. The van der Waals surface area contributed by atoms with Crippen LogP contribution in [-0.4, -0.2) is 29.0 Å². The summed E-state index contributed by atoms with van der Waals surface area (Å²) in [7, 11) is 0. The van der Waals surface area contributed by atoms with E-state index >= 15 is 0 Å². The highest BCUT2D eigenvalue weighted by atomic mass is 16.1. The van der Waals surface area contributed by atoms with E-state index in [4.69, 9.17) is 0 Å². The molecule has 1 aliphatic rings. The van der Waals surface area contributed by atoms with Gasteiger partial charge in [-0.15, -0.1) is 0 Å². The maximum atomic E-state index is 12.9. The van der Waals surface area contributed by atoms with Crippen LogP contribution < -0.4 is 10.6 Å². The second-order valence-electron chi connectivity index (χ2n) is 7.06. The van der Waals surface area contributed by atoms with Gasteiger partial charge in [-0.05, 0) is 75.0 Å². The number of hydrogen-bond donors (Lipinski definition) is 3. The van der Waals surface area contributed by atoms with Crippen LogP contribution in [0.5, 0.6) is 0 Å². The number of carbonyl (C=O) groups excluding carboxylic acids is 1. The van der Waals surface area contributed by atoms with Crippen molar-refractivity contribution in [1.29, 1.82) is 0 Å². The van der Waals surface area contributed by atoms with Crippen molar-refractivity contribution in [1.82, 2.24) is 15.3 Å². The average Bonchev–Trinajstić information content (AvgIpc) is 3.02. The van der Waals surface area contributed by atoms with Gasteiger partial charge in [0.1, 0.15) is 5.82 Å². The molecule has 0 atom stereocenters. The first-order valence-electron chi connectivity index (χ1n) is 9.25. The Bertz CT molecular complexity index is 925. The van der Waals surface area contributed by atoms with Gasteiger partial charge in [-0.2, -0.15) is 0 Å². The molecular weight excluding hydrogens is 324 g/mol. The lowest BCUT2D eigenvalue weighted by Crippen LogP contribution is -2.29. The molecule has 4 rings (SSSR count). The third kappa shape index (κ3) is 3.63. The van der Waals surface area contributed by atoms with Gasteiger partial charge in [0.2, 0.25) is 0 Å². The number of amides is 1. The number of hydrogen-bond acceptors (Lipinski definition) is 3. The minimum atomic E-state index is -0.0508. The number of nitrogens with zero attached hydrogens (tertiary/aromatic N) is 1. The van der Waals surface area contributed by atoms with E-state index in [1.54, 1.807) is 0 Å². The van der Waals surface area contributed by atoms with Crippen LogP contribution in [0.15, 0.2) is 42.5 Å². The van der Waals surface area contributed by atoms with Crippen molar-refractivity contribution in [2.24, 2.45) is 5.92 Å². The topological polar surface area (TPSA) is 69.8 Å². The summed E-state index contributed by atoms with van der Waals surface area (Å²) in [6, 6.07) is 13.7. The molecule has 0 radical (unpaired) electrons. The third-order valence-corrected chi connectivity index (χ3v) is 5.09.